The third-order valence-corrected chi connectivity index (χ3v) is 2.09. The molecule has 0 bridgehead atoms. The summed E-state index contributed by atoms with van der Waals surface area (Å²) < 4.78 is 5.37. The summed E-state index contributed by atoms with van der Waals surface area (Å²) in [5.41, 5.74) is 0.598. The number of carboxylic acid groups (broad SMARTS) is 1. The molecule has 1 N–H and O–H groups in total. The van der Waals surface area contributed by atoms with Gasteiger partial charge in [0.1, 0.15) is 5.58 Å². The highest BCUT2D eigenvalue weighted by Crippen LogP contribution is 2.19. The Hall–Kier alpha value is -2.10. The average Bonchev–Trinajstić information content (AvgIpc) is 2.61. The van der Waals surface area contributed by atoms with E-state index in [1.807, 2.05) is 18.2 Å². The van der Waals surface area contributed by atoms with Crippen LogP contribution in [-0.2, 0) is 4.79 Å². The monoisotopic (exact) mass is 203 g/mol. The van der Waals surface area contributed by atoms with Crippen LogP contribution in [0.1, 0.15) is 5.76 Å². The zero-order chi connectivity index (χ0) is 10.8. The Bertz CT molecular complexity index is 507. The molecule has 0 aliphatic heterocycles. The minimum Gasteiger partial charge on any atom is -0.476 e. The lowest BCUT2D eigenvalue weighted by Crippen LogP contribution is -2.13. The summed E-state index contributed by atoms with van der Waals surface area (Å²) in [6.07, 6.45) is 0. The van der Waals surface area contributed by atoms with E-state index in [2.05, 4.69) is 4.99 Å². The van der Waals surface area contributed by atoms with Gasteiger partial charge in [0, 0.05) is 12.4 Å². The van der Waals surface area contributed by atoms with Crippen molar-refractivity contribution < 1.29 is 14.3 Å². The first-order valence-electron chi connectivity index (χ1n) is 4.41. The molecule has 2 rings (SSSR count). The van der Waals surface area contributed by atoms with Gasteiger partial charge in [0.05, 0.1) is 0 Å². The predicted molar refractivity (Wildman–Crippen MR) is 56.3 cm³/mol. The van der Waals surface area contributed by atoms with Gasteiger partial charge in [-0.05, 0) is 12.1 Å². The molecule has 1 aromatic carbocycles. The lowest BCUT2D eigenvalue weighted by Gasteiger charge is -1.93. The number of fused-ring (bicyclic) bond motifs is 1. The van der Waals surface area contributed by atoms with E-state index in [0.717, 1.165) is 5.39 Å². The van der Waals surface area contributed by atoms with Crippen LogP contribution in [0.5, 0.6) is 0 Å². The Morgan fingerprint density at radius 1 is 1.40 bits per heavy atom. The summed E-state index contributed by atoms with van der Waals surface area (Å²) in [4.78, 5) is 14.5. The molecule has 0 radical (unpaired) electrons. The maximum atomic E-state index is 10.8. The first-order valence-corrected chi connectivity index (χ1v) is 4.41. The molecule has 0 aliphatic carbocycles. The van der Waals surface area contributed by atoms with Crippen LogP contribution in [0.15, 0.2) is 39.7 Å². The SMILES string of the molecule is CN=C(C(=O)O)c1cc2ccccc2o1. The largest absolute Gasteiger partial charge is 0.476 e. The number of hydrogen-bond acceptors (Lipinski definition) is 3. The number of hydrogen-bond donors (Lipinski definition) is 1. The fourth-order valence-corrected chi connectivity index (χ4v) is 1.41. The molecule has 15 heavy (non-hydrogen) atoms. The summed E-state index contributed by atoms with van der Waals surface area (Å²) in [5, 5.41) is 9.73. The molecular formula is C11H9NO3. The number of carboxylic acids is 1. The zero-order valence-electron chi connectivity index (χ0n) is 8.10. The Morgan fingerprint density at radius 2 is 2.13 bits per heavy atom. The van der Waals surface area contributed by atoms with E-state index >= 15 is 0 Å². The number of aliphatic imine (C=N–C) groups is 1. The van der Waals surface area contributed by atoms with Crippen molar-refractivity contribution in [2.75, 3.05) is 7.05 Å². The van der Waals surface area contributed by atoms with E-state index in [4.69, 9.17) is 9.52 Å². The zero-order valence-corrected chi connectivity index (χ0v) is 8.10. The predicted octanol–water partition coefficient (Wildman–Crippen LogP) is 1.94. The number of carbonyl (C=O) groups is 1. The summed E-state index contributed by atoms with van der Waals surface area (Å²) in [6.45, 7) is 0. The number of benzene rings is 1. The molecule has 0 fully saturated rings. The molecule has 4 heteroatoms. The third kappa shape index (κ3) is 1.61. The van der Waals surface area contributed by atoms with Crippen molar-refractivity contribution in [2.24, 2.45) is 4.99 Å². The Labute approximate surface area is 85.9 Å². The third-order valence-electron chi connectivity index (χ3n) is 2.09. The lowest BCUT2D eigenvalue weighted by atomic mass is 10.2. The van der Waals surface area contributed by atoms with Crippen LogP contribution >= 0.6 is 0 Å². The smallest absolute Gasteiger partial charge is 0.357 e. The van der Waals surface area contributed by atoms with Crippen molar-refractivity contribution >= 4 is 22.7 Å². The van der Waals surface area contributed by atoms with Crippen LogP contribution in [-0.4, -0.2) is 23.8 Å². The van der Waals surface area contributed by atoms with Gasteiger partial charge < -0.3 is 9.52 Å². The topological polar surface area (TPSA) is 62.8 Å². The number of para-hydroxylation sites is 1. The molecule has 0 spiro atoms. The minimum atomic E-state index is -1.09. The fraction of sp³-hybridized carbons (Fsp3) is 0.0909. The van der Waals surface area contributed by atoms with Crippen molar-refractivity contribution in [3.05, 3.63) is 36.1 Å². The van der Waals surface area contributed by atoms with E-state index in [9.17, 15) is 4.79 Å². The quantitative estimate of drug-likeness (QED) is 0.758. The normalized spacial score (nSPS) is 11.9. The molecule has 0 unspecified atom stereocenters. The molecular weight excluding hydrogens is 194 g/mol. The van der Waals surface area contributed by atoms with Gasteiger partial charge in [0.15, 0.2) is 11.5 Å². The maximum absolute atomic E-state index is 10.8. The van der Waals surface area contributed by atoms with Crippen LogP contribution < -0.4 is 0 Å². The van der Waals surface area contributed by atoms with E-state index in [1.165, 1.54) is 7.05 Å². The first-order chi connectivity index (χ1) is 7.22. The van der Waals surface area contributed by atoms with Crippen molar-refractivity contribution in [1.29, 1.82) is 0 Å². The summed E-state index contributed by atoms with van der Waals surface area (Å²) >= 11 is 0. The minimum absolute atomic E-state index is 0.0637. The van der Waals surface area contributed by atoms with Gasteiger partial charge >= 0.3 is 5.97 Å². The van der Waals surface area contributed by atoms with Gasteiger partial charge in [-0.1, -0.05) is 18.2 Å². The summed E-state index contributed by atoms with van der Waals surface area (Å²) in [5.74, 6) is -0.803. The van der Waals surface area contributed by atoms with Crippen LogP contribution in [0.4, 0.5) is 0 Å². The number of aliphatic carboxylic acids is 1. The molecule has 0 aliphatic rings. The highest BCUT2D eigenvalue weighted by molar-refractivity contribution is 6.42. The molecule has 76 valence electrons. The second-order valence-electron chi connectivity index (χ2n) is 3.03. The van der Waals surface area contributed by atoms with Crippen molar-refractivity contribution in [2.45, 2.75) is 0 Å². The van der Waals surface area contributed by atoms with Gasteiger partial charge in [-0.2, -0.15) is 0 Å². The van der Waals surface area contributed by atoms with Gasteiger partial charge in [0.2, 0.25) is 0 Å². The Kier molecular flexibility index (Phi) is 2.25. The standard InChI is InChI=1S/C11H9NO3/c1-12-10(11(13)14)9-6-7-4-2-3-5-8(7)15-9/h2-6H,1H3,(H,13,14). The van der Waals surface area contributed by atoms with Crippen LogP contribution in [0.2, 0.25) is 0 Å². The fourth-order valence-electron chi connectivity index (χ4n) is 1.41. The second-order valence-corrected chi connectivity index (χ2v) is 3.03. The number of nitrogens with zero attached hydrogens (tertiary/aromatic N) is 1. The van der Waals surface area contributed by atoms with Gasteiger partial charge in [-0.3, -0.25) is 4.99 Å². The van der Waals surface area contributed by atoms with E-state index in [1.54, 1.807) is 12.1 Å². The second kappa shape index (κ2) is 3.57. The first kappa shape index (κ1) is 9.45. The molecule has 0 saturated heterocycles. The lowest BCUT2D eigenvalue weighted by molar-refractivity contribution is -0.129. The molecule has 0 saturated carbocycles. The molecule has 0 atom stereocenters. The molecule has 0 amide bonds. The molecule has 1 heterocycles. The highest BCUT2D eigenvalue weighted by Gasteiger charge is 2.16. The van der Waals surface area contributed by atoms with E-state index in [0.29, 0.717) is 5.58 Å². The number of rotatable bonds is 2. The van der Waals surface area contributed by atoms with Gasteiger partial charge in [0.25, 0.3) is 0 Å². The number of furan rings is 1. The molecule has 4 nitrogen and oxygen atoms in total. The highest BCUT2D eigenvalue weighted by atomic mass is 16.4. The van der Waals surface area contributed by atoms with Crippen molar-refractivity contribution in [1.82, 2.24) is 0 Å². The Balaban J connectivity index is 2.58. The van der Waals surface area contributed by atoms with E-state index in [-0.39, 0.29) is 11.5 Å². The molecule has 2 aromatic rings. The summed E-state index contributed by atoms with van der Waals surface area (Å²) in [6, 6.07) is 9.02. The van der Waals surface area contributed by atoms with Gasteiger partial charge in [-0.25, -0.2) is 4.79 Å². The molecule has 1 aromatic heterocycles. The van der Waals surface area contributed by atoms with Crippen LogP contribution in [0, 0.1) is 0 Å². The summed E-state index contributed by atoms with van der Waals surface area (Å²) in [7, 11) is 1.43. The van der Waals surface area contributed by atoms with Crippen molar-refractivity contribution in [3.63, 3.8) is 0 Å². The van der Waals surface area contributed by atoms with Crippen LogP contribution in [0.25, 0.3) is 11.0 Å². The van der Waals surface area contributed by atoms with Gasteiger partial charge in [-0.15, -0.1) is 0 Å². The van der Waals surface area contributed by atoms with Crippen LogP contribution in [0.3, 0.4) is 0 Å². The van der Waals surface area contributed by atoms with Crippen molar-refractivity contribution in [3.8, 4) is 0 Å². The average molecular weight is 203 g/mol. The van der Waals surface area contributed by atoms with E-state index < -0.39 is 5.97 Å². The Morgan fingerprint density at radius 3 is 2.73 bits per heavy atom. The maximum Gasteiger partial charge on any atom is 0.357 e.